The van der Waals surface area contributed by atoms with Gasteiger partial charge in [0, 0.05) is 22.9 Å². The molecule has 1 aliphatic rings. The average molecular weight is 462 g/mol. The number of nitrogens with zero attached hydrogens (tertiary/aromatic N) is 2. The van der Waals surface area contributed by atoms with Crippen molar-refractivity contribution in [3.63, 3.8) is 0 Å². The zero-order valence-corrected chi connectivity index (χ0v) is 19.8. The van der Waals surface area contributed by atoms with Crippen LogP contribution in [0.2, 0.25) is 5.02 Å². The first-order valence-corrected chi connectivity index (χ1v) is 12.2. The number of benzene rings is 3. The minimum absolute atomic E-state index is 0.134. The van der Waals surface area contributed by atoms with Gasteiger partial charge in [0.25, 0.3) is 0 Å². The topological polar surface area (TPSA) is 35.6 Å². The molecule has 0 unspecified atom stereocenters. The van der Waals surface area contributed by atoms with Gasteiger partial charge in [-0.25, -0.2) is 4.79 Å². The van der Waals surface area contributed by atoms with Gasteiger partial charge in [0.05, 0.1) is 0 Å². The maximum absolute atomic E-state index is 13.1. The van der Waals surface area contributed by atoms with Crippen molar-refractivity contribution < 1.29 is 4.79 Å². The molecule has 1 heterocycles. The van der Waals surface area contributed by atoms with Crippen LogP contribution < -0.4 is 10.2 Å². The molecule has 1 fully saturated rings. The summed E-state index contributed by atoms with van der Waals surface area (Å²) in [5, 5.41) is 3.59. The predicted octanol–water partition coefficient (Wildman–Crippen LogP) is 6.72. The lowest BCUT2D eigenvalue weighted by atomic mass is 9.90. The van der Waals surface area contributed by atoms with E-state index >= 15 is 0 Å². The van der Waals surface area contributed by atoms with Gasteiger partial charge in [0.15, 0.2) is 0 Å². The molecule has 4 nitrogen and oxygen atoms in total. The van der Waals surface area contributed by atoms with E-state index in [1.165, 1.54) is 24.8 Å². The summed E-state index contributed by atoms with van der Waals surface area (Å²) in [7, 11) is 0. The zero-order valence-electron chi connectivity index (χ0n) is 19.0. The van der Waals surface area contributed by atoms with E-state index in [-0.39, 0.29) is 6.03 Å². The molecule has 1 aliphatic heterocycles. The summed E-state index contributed by atoms with van der Waals surface area (Å²) in [6.45, 7) is 3.95. The highest BCUT2D eigenvalue weighted by atomic mass is 35.5. The van der Waals surface area contributed by atoms with E-state index in [0.29, 0.717) is 17.3 Å². The zero-order chi connectivity index (χ0) is 22.9. The Morgan fingerprint density at radius 1 is 0.939 bits per heavy atom. The van der Waals surface area contributed by atoms with Crippen LogP contribution in [0.3, 0.4) is 0 Å². The van der Waals surface area contributed by atoms with Gasteiger partial charge >= 0.3 is 6.03 Å². The van der Waals surface area contributed by atoms with E-state index < -0.39 is 0 Å². The van der Waals surface area contributed by atoms with E-state index in [1.54, 1.807) is 12.1 Å². The molecule has 2 amide bonds. The smallest absolute Gasteiger partial charge is 0.307 e. The molecule has 0 aliphatic carbocycles. The number of urea groups is 1. The molecule has 1 saturated heterocycles. The molecule has 0 saturated carbocycles. The molecule has 33 heavy (non-hydrogen) atoms. The number of para-hydroxylation sites is 1. The lowest BCUT2D eigenvalue weighted by Crippen LogP contribution is -2.39. The van der Waals surface area contributed by atoms with Crippen LogP contribution in [0.25, 0.3) is 0 Å². The van der Waals surface area contributed by atoms with Crippen LogP contribution in [0.15, 0.2) is 84.9 Å². The molecule has 172 valence electrons. The molecule has 0 radical (unpaired) electrons. The van der Waals surface area contributed by atoms with E-state index in [9.17, 15) is 4.79 Å². The number of likely N-dealkylation sites (tertiary alicyclic amines) is 1. The summed E-state index contributed by atoms with van der Waals surface area (Å²) in [6.07, 6.45) is 4.60. The fraction of sp³-hybridized carbons (Fsp3) is 0.321. The average Bonchev–Trinajstić information content (AvgIpc) is 2.84. The second-order valence-electron chi connectivity index (χ2n) is 8.76. The standard InChI is InChI=1S/C28H32ClN3O/c29-25-11-7-12-26(22-25)30-28(33)32(27-13-5-2-6-14-27)18-8-17-31-19-15-24(16-20-31)21-23-9-3-1-4-10-23/h1-7,9-14,22,24H,8,15-21H2,(H,30,33). The van der Waals surface area contributed by atoms with E-state index in [1.807, 2.05) is 47.4 Å². The van der Waals surface area contributed by atoms with Crippen LogP contribution >= 0.6 is 11.6 Å². The lowest BCUT2D eigenvalue weighted by Gasteiger charge is -2.32. The van der Waals surface area contributed by atoms with Gasteiger partial charge in [0.1, 0.15) is 0 Å². The monoisotopic (exact) mass is 461 g/mol. The van der Waals surface area contributed by atoms with Gasteiger partial charge in [-0.2, -0.15) is 0 Å². The first kappa shape index (κ1) is 23.3. The minimum atomic E-state index is -0.134. The second-order valence-corrected chi connectivity index (χ2v) is 9.19. The molecule has 3 aromatic rings. The third kappa shape index (κ3) is 7.08. The number of nitrogens with one attached hydrogen (secondary N) is 1. The van der Waals surface area contributed by atoms with Gasteiger partial charge in [-0.05, 0) is 87.1 Å². The molecule has 0 aromatic heterocycles. The number of piperidine rings is 1. The summed E-state index contributed by atoms with van der Waals surface area (Å²) < 4.78 is 0. The molecule has 0 bridgehead atoms. The molecule has 0 atom stereocenters. The quantitative estimate of drug-likeness (QED) is 0.404. The summed E-state index contributed by atoms with van der Waals surface area (Å²) in [5.74, 6) is 0.771. The van der Waals surface area contributed by atoms with Crippen molar-refractivity contribution >= 4 is 29.0 Å². The van der Waals surface area contributed by atoms with Crippen molar-refractivity contribution in [2.75, 3.05) is 36.4 Å². The first-order chi connectivity index (χ1) is 16.2. The van der Waals surface area contributed by atoms with Crippen molar-refractivity contribution in [3.8, 4) is 0 Å². The number of carbonyl (C=O) groups excluding carboxylic acids is 1. The number of anilines is 2. The van der Waals surface area contributed by atoms with Crippen LogP contribution in [0.5, 0.6) is 0 Å². The van der Waals surface area contributed by atoms with Gasteiger partial charge < -0.3 is 10.2 Å². The number of rotatable bonds is 8. The van der Waals surface area contributed by atoms with Gasteiger partial charge in [0.2, 0.25) is 0 Å². The Morgan fingerprint density at radius 2 is 1.64 bits per heavy atom. The Kier molecular flexibility index (Phi) is 8.40. The molecule has 4 rings (SSSR count). The Balaban J connectivity index is 1.28. The molecular weight excluding hydrogens is 430 g/mol. The molecular formula is C28H32ClN3O. The number of amides is 2. The van der Waals surface area contributed by atoms with Crippen LogP contribution in [-0.2, 0) is 6.42 Å². The third-order valence-corrected chi connectivity index (χ3v) is 6.55. The number of halogens is 1. The normalized spacial score (nSPS) is 14.7. The van der Waals surface area contributed by atoms with E-state index in [4.69, 9.17) is 11.6 Å². The number of hydrogen-bond donors (Lipinski definition) is 1. The summed E-state index contributed by atoms with van der Waals surface area (Å²) in [4.78, 5) is 17.4. The SMILES string of the molecule is O=C(Nc1cccc(Cl)c1)N(CCCN1CCC(Cc2ccccc2)CC1)c1ccccc1. The summed E-state index contributed by atoms with van der Waals surface area (Å²) in [5.41, 5.74) is 3.05. The highest BCUT2D eigenvalue weighted by Gasteiger charge is 2.20. The maximum atomic E-state index is 13.1. The predicted molar refractivity (Wildman–Crippen MR) is 138 cm³/mol. The molecule has 3 aromatic carbocycles. The highest BCUT2D eigenvalue weighted by molar-refractivity contribution is 6.30. The first-order valence-electron chi connectivity index (χ1n) is 11.8. The Hall–Kier alpha value is -2.82. The van der Waals surface area contributed by atoms with Crippen LogP contribution in [0, 0.1) is 5.92 Å². The van der Waals surface area contributed by atoms with E-state index in [0.717, 1.165) is 37.7 Å². The second kappa shape index (κ2) is 11.9. The van der Waals surface area contributed by atoms with E-state index in [2.05, 4.69) is 40.5 Å². The van der Waals surface area contributed by atoms with Crippen molar-refractivity contribution in [3.05, 3.63) is 95.5 Å². The minimum Gasteiger partial charge on any atom is -0.307 e. The summed E-state index contributed by atoms with van der Waals surface area (Å²) in [6, 6.07) is 27.8. The van der Waals surface area contributed by atoms with Gasteiger partial charge in [-0.1, -0.05) is 66.2 Å². The van der Waals surface area contributed by atoms with Gasteiger partial charge in [-0.15, -0.1) is 0 Å². The fourth-order valence-corrected chi connectivity index (χ4v) is 4.72. The van der Waals surface area contributed by atoms with Crippen molar-refractivity contribution in [2.24, 2.45) is 5.92 Å². The summed E-state index contributed by atoms with van der Waals surface area (Å²) >= 11 is 6.08. The molecule has 1 N–H and O–H groups in total. The number of carbonyl (C=O) groups is 1. The van der Waals surface area contributed by atoms with Crippen LogP contribution in [0.1, 0.15) is 24.8 Å². The Bertz CT molecular complexity index is 1000. The largest absolute Gasteiger partial charge is 0.326 e. The van der Waals surface area contributed by atoms with Crippen LogP contribution in [-0.4, -0.2) is 37.1 Å². The number of hydrogen-bond acceptors (Lipinski definition) is 2. The highest BCUT2D eigenvalue weighted by Crippen LogP contribution is 2.23. The maximum Gasteiger partial charge on any atom is 0.326 e. The Labute approximate surface area is 202 Å². The molecule has 0 spiro atoms. The van der Waals surface area contributed by atoms with Crippen molar-refractivity contribution in [1.82, 2.24) is 4.90 Å². The van der Waals surface area contributed by atoms with Crippen molar-refractivity contribution in [2.45, 2.75) is 25.7 Å². The van der Waals surface area contributed by atoms with Gasteiger partial charge in [-0.3, -0.25) is 4.90 Å². The third-order valence-electron chi connectivity index (χ3n) is 6.32. The van der Waals surface area contributed by atoms with Crippen LogP contribution in [0.4, 0.5) is 16.2 Å². The Morgan fingerprint density at radius 3 is 2.33 bits per heavy atom. The fourth-order valence-electron chi connectivity index (χ4n) is 4.53. The van der Waals surface area contributed by atoms with Crippen molar-refractivity contribution in [1.29, 1.82) is 0 Å². The molecule has 5 heteroatoms. The lowest BCUT2D eigenvalue weighted by molar-refractivity contribution is 0.183.